The van der Waals surface area contributed by atoms with Crippen LogP contribution in [0.5, 0.6) is 0 Å². The van der Waals surface area contributed by atoms with Crippen molar-refractivity contribution in [1.82, 2.24) is 4.98 Å². The van der Waals surface area contributed by atoms with E-state index >= 15 is 0 Å². The van der Waals surface area contributed by atoms with Gasteiger partial charge in [-0.3, -0.25) is 10.1 Å². The van der Waals surface area contributed by atoms with Gasteiger partial charge < -0.3 is 4.42 Å². The fraction of sp³-hybridized carbons (Fsp3) is 0.381. The summed E-state index contributed by atoms with van der Waals surface area (Å²) in [4.78, 5) is 30.6. The summed E-state index contributed by atoms with van der Waals surface area (Å²) in [6.45, 7) is 6.81. The summed E-state index contributed by atoms with van der Waals surface area (Å²) in [5.74, 6) is 0.134. The number of hydrogen-bond acceptors (Lipinski definition) is 5. The van der Waals surface area contributed by atoms with E-state index in [-0.39, 0.29) is 11.0 Å². The Morgan fingerprint density at radius 1 is 1.30 bits per heavy atom. The minimum Gasteiger partial charge on any atom is -0.422 e. The molecule has 2 heterocycles. The van der Waals surface area contributed by atoms with Crippen LogP contribution in [0.25, 0.3) is 11.0 Å². The van der Waals surface area contributed by atoms with Gasteiger partial charge in [-0.2, -0.15) is 0 Å². The number of benzene rings is 1. The van der Waals surface area contributed by atoms with E-state index in [4.69, 9.17) is 4.42 Å². The third-order valence-corrected chi connectivity index (χ3v) is 6.31. The van der Waals surface area contributed by atoms with Crippen LogP contribution in [0.1, 0.15) is 48.1 Å². The summed E-state index contributed by atoms with van der Waals surface area (Å²) >= 11 is 1.51. The summed E-state index contributed by atoms with van der Waals surface area (Å²) in [6, 6.07) is 8.71. The Morgan fingerprint density at radius 2 is 2.07 bits per heavy atom. The molecule has 140 valence electrons. The molecule has 0 aliphatic heterocycles. The van der Waals surface area contributed by atoms with Gasteiger partial charge in [0.05, 0.1) is 5.69 Å². The first kappa shape index (κ1) is 17.9. The van der Waals surface area contributed by atoms with Gasteiger partial charge in [-0.05, 0) is 42.7 Å². The molecule has 1 N–H and O–H groups in total. The predicted octanol–water partition coefficient (Wildman–Crippen LogP) is 4.65. The smallest absolute Gasteiger partial charge is 0.349 e. The molecular weight excluding hydrogens is 360 g/mol. The lowest BCUT2D eigenvalue weighted by atomic mass is 9.73. The van der Waals surface area contributed by atoms with Gasteiger partial charge >= 0.3 is 5.63 Å². The number of rotatable bonds is 2. The molecule has 0 saturated heterocycles. The van der Waals surface area contributed by atoms with Crippen LogP contribution in [-0.2, 0) is 12.8 Å². The second-order valence-electron chi connectivity index (χ2n) is 8.13. The number of nitrogens with zero attached hydrogens (tertiary/aromatic N) is 1. The largest absolute Gasteiger partial charge is 0.422 e. The molecular formula is C21H22N2O3S. The first-order chi connectivity index (χ1) is 12.8. The molecule has 1 unspecified atom stereocenters. The molecule has 0 saturated carbocycles. The number of anilines is 1. The minimum atomic E-state index is -0.639. The summed E-state index contributed by atoms with van der Waals surface area (Å²) in [5, 5.41) is 4.05. The summed E-state index contributed by atoms with van der Waals surface area (Å²) in [7, 11) is 0. The first-order valence-electron chi connectivity index (χ1n) is 9.14. The molecule has 0 bridgehead atoms. The van der Waals surface area contributed by atoms with Gasteiger partial charge in [-0.1, -0.05) is 39.0 Å². The van der Waals surface area contributed by atoms with E-state index in [1.54, 1.807) is 18.2 Å². The van der Waals surface area contributed by atoms with Crippen molar-refractivity contribution in [1.29, 1.82) is 0 Å². The highest BCUT2D eigenvalue weighted by Gasteiger charge is 2.31. The summed E-state index contributed by atoms with van der Waals surface area (Å²) in [6.07, 6.45) is 3.04. The van der Waals surface area contributed by atoms with E-state index in [1.165, 1.54) is 16.2 Å². The Bertz CT molecular complexity index is 1070. The number of aromatic nitrogens is 1. The third kappa shape index (κ3) is 3.54. The number of carbonyl (C=O) groups excluding carboxylic acids is 1. The average Bonchev–Trinajstić information content (AvgIpc) is 3.01. The number of carbonyl (C=O) groups is 1. The summed E-state index contributed by atoms with van der Waals surface area (Å²) in [5.41, 5.74) is 1.16. The SMILES string of the molecule is CC(C)(C)C1CCc2nc(NC(=O)c3cc4ccccc4oc3=O)sc2C1. The van der Waals surface area contributed by atoms with Crippen LogP contribution in [-0.4, -0.2) is 10.9 Å². The first-order valence-corrected chi connectivity index (χ1v) is 9.96. The standard InChI is InChI=1S/C21H22N2O3S/c1-21(2,3)13-8-9-15-17(11-13)27-20(22-15)23-18(24)14-10-12-6-4-5-7-16(12)26-19(14)25/h4-7,10,13H,8-9,11H2,1-3H3,(H,22,23,24). The molecule has 0 fully saturated rings. The number of hydrogen-bond donors (Lipinski definition) is 1. The lowest BCUT2D eigenvalue weighted by Crippen LogP contribution is -2.26. The van der Waals surface area contributed by atoms with E-state index < -0.39 is 11.5 Å². The van der Waals surface area contributed by atoms with Gasteiger partial charge in [-0.15, -0.1) is 11.3 Å². The van der Waals surface area contributed by atoms with Crippen LogP contribution in [0.15, 0.2) is 39.5 Å². The van der Waals surface area contributed by atoms with Crippen molar-refractivity contribution >= 4 is 33.3 Å². The quantitative estimate of drug-likeness (QED) is 0.655. The molecule has 2 aromatic heterocycles. The van der Waals surface area contributed by atoms with Crippen molar-refractivity contribution in [2.45, 2.75) is 40.0 Å². The fourth-order valence-electron chi connectivity index (χ4n) is 3.55. The highest BCUT2D eigenvalue weighted by molar-refractivity contribution is 7.15. The number of nitrogens with one attached hydrogen (secondary N) is 1. The zero-order valence-corrected chi connectivity index (χ0v) is 16.5. The molecule has 1 aromatic carbocycles. The van der Waals surface area contributed by atoms with Crippen molar-refractivity contribution in [2.24, 2.45) is 11.3 Å². The van der Waals surface area contributed by atoms with Gasteiger partial charge in [0.2, 0.25) is 0 Å². The number of thiazole rings is 1. The number of aryl methyl sites for hydroxylation is 1. The van der Waals surface area contributed by atoms with Gasteiger partial charge in [0.25, 0.3) is 5.91 Å². The number of fused-ring (bicyclic) bond motifs is 2. The molecule has 1 amide bonds. The second-order valence-corrected chi connectivity index (χ2v) is 9.22. The Morgan fingerprint density at radius 3 is 2.85 bits per heavy atom. The van der Waals surface area contributed by atoms with Crippen LogP contribution < -0.4 is 10.9 Å². The van der Waals surface area contributed by atoms with Crippen molar-refractivity contribution in [3.8, 4) is 0 Å². The van der Waals surface area contributed by atoms with Crippen LogP contribution in [0.3, 0.4) is 0 Å². The number of para-hydroxylation sites is 1. The topological polar surface area (TPSA) is 72.2 Å². The maximum Gasteiger partial charge on any atom is 0.349 e. The molecule has 27 heavy (non-hydrogen) atoms. The van der Waals surface area contributed by atoms with Gasteiger partial charge in [0.1, 0.15) is 11.1 Å². The zero-order chi connectivity index (χ0) is 19.2. The molecule has 5 nitrogen and oxygen atoms in total. The maximum atomic E-state index is 12.6. The van der Waals surface area contributed by atoms with E-state index in [9.17, 15) is 9.59 Å². The van der Waals surface area contributed by atoms with E-state index in [1.807, 2.05) is 12.1 Å². The zero-order valence-electron chi connectivity index (χ0n) is 15.7. The second kappa shape index (κ2) is 6.60. The minimum absolute atomic E-state index is 0.00515. The monoisotopic (exact) mass is 382 g/mol. The molecule has 0 radical (unpaired) electrons. The van der Waals surface area contributed by atoms with Crippen molar-refractivity contribution < 1.29 is 9.21 Å². The van der Waals surface area contributed by atoms with E-state index in [0.29, 0.717) is 22.0 Å². The Balaban J connectivity index is 1.57. The summed E-state index contributed by atoms with van der Waals surface area (Å²) < 4.78 is 5.25. The molecule has 6 heteroatoms. The predicted molar refractivity (Wildman–Crippen MR) is 108 cm³/mol. The van der Waals surface area contributed by atoms with Crippen LogP contribution in [0, 0.1) is 11.3 Å². The highest BCUT2D eigenvalue weighted by atomic mass is 32.1. The Kier molecular flexibility index (Phi) is 4.38. The Hall–Kier alpha value is -2.47. The average molecular weight is 382 g/mol. The van der Waals surface area contributed by atoms with Crippen LogP contribution in [0.2, 0.25) is 0 Å². The van der Waals surface area contributed by atoms with Crippen LogP contribution in [0.4, 0.5) is 5.13 Å². The van der Waals surface area contributed by atoms with Crippen molar-refractivity contribution in [3.63, 3.8) is 0 Å². The van der Waals surface area contributed by atoms with Gasteiger partial charge in [-0.25, -0.2) is 9.78 Å². The fourth-order valence-corrected chi connectivity index (χ4v) is 4.64. The lowest BCUT2D eigenvalue weighted by Gasteiger charge is -2.33. The molecule has 1 aliphatic rings. The van der Waals surface area contributed by atoms with Crippen molar-refractivity contribution in [3.05, 3.63) is 56.9 Å². The molecule has 0 spiro atoms. The van der Waals surface area contributed by atoms with Crippen LogP contribution >= 0.6 is 11.3 Å². The number of amides is 1. The molecule has 4 rings (SSSR count). The normalized spacial score (nSPS) is 16.9. The highest BCUT2D eigenvalue weighted by Crippen LogP contribution is 2.40. The van der Waals surface area contributed by atoms with Gasteiger partial charge in [0.15, 0.2) is 5.13 Å². The third-order valence-electron chi connectivity index (χ3n) is 5.27. The maximum absolute atomic E-state index is 12.6. The van der Waals surface area contributed by atoms with E-state index in [0.717, 1.165) is 25.0 Å². The Labute approximate surface area is 161 Å². The van der Waals surface area contributed by atoms with Gasteiger partial charge in [0, 0.05) is 10.3 Å². The molecule has 3 aromatic rings. The van der Waals surface area contributed by atoms with E-state index in [2.05, 4.69) is 31.1 Å². The lowest BCUT2D eigenvalue weighted by molar-refractivity contribution is 0.102. The molecule has 1 atom stereocenters. The van der Waals surface area contributed by atoms with Crippen molar-refractivity contribution in [2.75, 3.05) is 5.32 Å². The molecule has 1 aliphatic carbocycles.